The molecule has 13 nitrogen and oxygen atoms in total. The number of nitrogens with one attached hydrogen (secondary N) is 1. The van der Waals surface area contributed by atoms with Gasteiger partial charge in [-0.05, 0) is 24.5 Å². The average Bonchev–Trinajstić information content (AvgIpc) is 3.47. The van der Waals surface area contributed by atoms with Crippen LogP contribution in [0.5, 0.6) is 5.88 Å². The van der Waals surface area contributed by atoms with Crippen molar-refractivity contribution < 1.29 is 38.0 Å². The van der Waals surface area contributed by atoms with E-state index in [1.54, 1.807) is 0 Å². The highest BCUT2D eigenvalue weighted by Gasteiger charge is 2.10. The number of ketones is 1. The molecular weight excluding hydrogens is 546 g/mol. The molecule has 2 aromatic heterocycles. The predicted molar refractivity (Wildman–Crippen MR) is 155 cm³/mol. The van der Waals surface area contributed by atoms with Crippen molar-refractivity contribution >= 4 is 22.9 Å². The van der Waals surface area contributed by atoms with E-state index in [9.17, 15) is 4.79 Å². The number of Topliss-reactive ketones (excluding diaryl/α,β-unsaturated/α-hetero) is 1. The van der Waals surface area contributed by atoms with Gasteiger partial charge < -0.3 is 43.9 Å². The fourth-order valence-corrected chi connectivity index (χ4v) is 3.72. The van der Waals surface area contributed by atoms with E-state index in [2.05, 4.69) is 19.9 Å². The van der Waals surface area contributed by atoms with Gasteiger partial charge in [0.25, 0.3) is 0 Å². The molecule has 0 fully saturated rings. The third-order valence-corrected chi connectivity index (χ3v) is 5.95. The molecule has 3 aromatic rings. The third kappa shape index (κ3) is 13.6. The average molecular weight is 590 g/mol. The Kier molecular flexibility index (Phi) is 16.4. The topological polar surface area (TPSA) is 162 Å². The summed E-state index contributed by atoms with van der Waals surface area (Å²) in [5.41, 5.74) is 8.84. The number of nitrogens with two attached hydrogens (primary N) is 1. The Bertz CT molecular complexity index is 1140. The monoisotopic (exact) mass is 589 g/mol. The van der Waals surface area contributed by atoms with Gasteiger partial charge in [-0.15, -0.1) is 0 Å². The molecule has 13 heteroatoms. The van der Waals surface area contributed by atoms with E-state index in [1.165, 1.54) is 6.33 Å². The molecular formula is C29H43N5O8. The number of anilines is 1. The normalized spacial score (nSPS) is 11.4. The van der Waals surface area contributed by atoms with Gasteiger partial charge in [-0.2, -0.15) is 9.97 Å². The van der Waals surface area contributed by atoms with Gasteiger partial charge in [-0.25, -0.2) is 4.98 Å². The van der Waals surface area contributed by atoms with Crippen LogP contribution in [0.4, 0.5) is 5.95 Å². The third-order valence-electron chi connectivity index (χ3n) is 5.95. The zero-order valence-corrected chi connectivity index (χ0v) is 24.4. The van der Waals surface area contributed by atoms with Crippen molar-refractivity contribution in [3.8, 4) is 5.88 Å². The lowest BCUT2D eigenvalue weighted by atomic mass is 10.0. The number of aromatic nitrogens is 4. The molecule has 232 valence electrons. The quantitative estimate of drug-likeness (QED) is 0.139. The Labute approximate surface area is 246 Å². The second-order valence-electron chi connectivity index (χ2n) is 9.14. The highest BCUT2D eigenvalue weighted by atomic mass is 16.6. The SMILES string of the molecule is CCOCCOCCOCCOCCOCCOCCC(=O)CCc1ccc(COc2nc(N)nc3nc[nH]c23)cc1. The zero-order chi connectivity index (χ0) is 29.7. The number of imidazole rings is 1. The summed E-state index contributed by atoms with van der Waals surface area (Å²) in [6.45, 7) is 8.54. The number of nitrogen functional groups attached to an aromatic ring is 1. The summed E-state index contributed by atoms with van der Waals surface area (Å²) >= 11 is 0. The van der Waals surface area contributed by atoms with Crippen molar-refractivity contribution in [2.75, 3.05) is 85.0 Å². The molecule has 0 saturated heterocycles. The smallest absolute Gasteiger partial charge is 0.245 e. The Morgan fingerprint density at radius 1 is 0.738 bits per heavy atom. The number of benzene rings is 1. The van der Waals surface area contributed by atoms with Crippen LogP contribution >= 0.6 is 0 Å². The maximum Gasteiger partial charge on any atom is 0.245 e. The second-order valence-corrected chi connectivity index (χ2v) is 9.14. The first-order chi connectivity index (χ1) is 20.7. The maximum absolute atomic E-state index is 12.2. The number of hydrogen-bond donors (Lipinski definition) is 2. The lowest BCUT2D eigenvalue weighted by Crippen LogP contribution is -2.14. The molecule has 0 unspecified atom stereocenters. The number of H-pyrrole nitrogens is 1. The molecule has 2 heterocycles. The van der Waals surface area contributed by atoms with Crippen LogP contribution in [-0.2, 0) is 46.2 Å². The van der Waals surface area contributed by atoms with E-state index in [-0.39, 0.29) is 11.7 Å². The number of carbonyl (C=O) groups excluding carboxylic acids is 1. The largest absolute Gasteiger partial charge is 0.471 e. The van der Waals surface area contributed by atoms with Crippen LogP contribution < -0.4 is 10.5 Å². The summed E-state index contributed by atoms with van der Waals surface area (Å²) in [6, 6.07) is 7.94. The van der Waals surface area contributed by atoms with Gasteiger partial charge >= 0.3 is 0 Å². The van der Waals surface area contributed by atoms with Crippen molar-refractivity contribution in [1.29, 1.82) is 0 Å². The standard InChI is InChI=1S/C29H43N5O8/c1-2-36-11-12-38-15-16-40-19-20-41-18-17-39-14-13-37-10-9-25(35)8-7-23-3-5-24(6-4-23)21-42-28-26-27(32-22-31-26)33-29(30)34-28/h3-6,22H,2,7-21H2,1H3,(H3,30,31,32,33,34). The Balaban J connectivity index is 1.12. The molecule has 3 rings (SSSR count). The van der Waals surface area contributed by atoms with Crippen molar-refractivity contribution in [2.45, 2.75) is 32.8 Å². The van der Waals surface area contributed by atoms with Crippen molar-refractivity contribution in [3.05, 3.63) is 41.7 Å². The first-order valence-corrected chi connectivity index (χ1v) is 14.3. The van der Waals surface area contributed by atoms with Gasteiger partial charge in [0.05, 0.1) is 79.0 Å². The number of hydrogen-bond acceptors (Lipinski definition) is 12. The van der Waals surface area contributed by atoms with Gasteiger partial charge in [-0.3, -0.25) is 4.79 Å². The van der Waals surface area contributed by atoms with Crippen LogP contribution in [0.3, 0.4) is 0 Å². The Morgan fingerprint density at radius 3 is 1.88 bits per heavy atom. The number of carbonyl (C=O) groups is 1. The molecule has 42 heavy (non-hydrogen) atoms. The number of rotatable bonds is 25. The van der Waals surface area contributed by atoms with Crippen LogP contribution in [0.25, 0.3) is 11.2 Å². The van der Waals surface area contributed by atoms with Gasteiger partial charge in [0.1, 0.15) is 17.9 Å². The Hall–Kier alpha value is -3.20. The molecule has 0 spiro atoms. The number of fused-ring (bicyclic) bond motifs is 1. The summed E-state index contributed by atoms with van der Waals surface area (Å²) in [5, 5.41) is 0. The van der Waals surface area contributed by atoms with Crippen LogP contribution in [0, 0.1) is 0 Å². The summed E-state index contributed by atoms with van der Waals surface area (Å²) in [6.07, 6.45) is 3.05. The van der Waals surface area contributed by atoms with Crippen LogP contribution in [0.15, 0.2) is 30.6 Å². The van der Waals surface area contributed by atoms with Gasteiger partial charge in [0, 0.05) is 19.4 Å². The van der Waals surface area contributed by atoms with Crippen LogP contribution in [0.2, 0.25) is 0 Å². The summed E-state index contributed by atoms with van der Waals surface area (Å²) < 4.78 is 38.2. The number of aryl methyl sites for hydroxylation is 1. The lowest BCUT2D eigenvalue weighted by molar-refractivity contribution is -0.120. The highest BCUT2D eigenvalue weighted by Crippen LogP contribution is 2.21. The number of aromatic amines is 1. The highest BCUT2D eigenvalue weighted by molar-refractivity contribution is 5.78. The van der Waals surface area contributed by atoms with Crippen molar-refractivity contribution in [3.63, 3.8) is 0 Å². The van der Waals surface area contributed by atoms with Crippen molar-refractivity contribution in [1.82, 2.24) is 19.9 Å². The summed E-state index contributed by atoms with van der Waals surface area (Å²) in [4.78, 5) is 27.5. The van der Waals surface area contributed by atoms with E-state index in [0.717, 1.165) is 11.1 Å². The van der Waals surface area contributed by atoms with Crippen molar-refractivity contribution in [2.24, 2.45) is 0 Å². The predicted octanol–water partition coefficient (Wildman–Crippen LogP) is 2.53. The summed E-state index contributed by atoms with van der Waals surface area (Å²) in [7, 11) is 0. The minimum Gasteiger partial charge on any atom is -0.471 e. The molecule has 0 bridgehead atoms. The molecule has 0 aliphatic carbocycles. The van der Waals surface area contributed by atoms with Gasteiger partial charge in [-0.1, -0.05) is 24.3 Å². The molecule has 0 saturated carbocycles. The molecule has 0 aliphatic heterocycles. The molecule has 0 amide bonds. The molecule has 0 atom stereocenters. The zero-order valence-electron chi connectivity index (χ0n) is 24.4. The number of nitrogens with zero attached hydrogens (tertiary/aromatic N) is 3. The fraction of sp³-hybridized carbons (Fsp3) is 0.586. The van der Waals surface area contributed by atoms with Crippen LogP contribution in [0.1, 0.15) is 30.9 Å². The summed E-state index contributed by atoms with van der Waals surface area (Å²) in [5.74, 6) is 0.631. The van der Waals surface area contributed by atoms with Gasteiger partial charge in [0.15, 0.2) is 5.65 Å². The molecule has 1 aromatic carbocycles. The minimum atomic E-state index is 0.106. The fourth-order valence-electron chi connectivity index (χ4n) is 3.72. The van der Waals surface area contributed by atoms with Crippen LogP contribution in [-0.4, -0.2) is 105 Å². The van der Waals surface area contributed by atoms with Gasteiger partial charge in [0.2, 0.25) is 11.8 Å². The minimum absolute atomic E-state index is 0.106. The van der Waals surface area contributed by atoms with E-state index in [4.69, 9.17) is 38.9 Å². The van der Waals surface area contributed by atoms with E-state index >= 15 is 0 Å². The molecule has 0 aliphatic rings. The Morgan fingerprint density at radius 2 is 1.29 bits per heavy atom. The lowest BCUT2D eigenvalue weighted by Gasteiger charge is -2.08. The van der Waals surface area contributed by atoms with E-state index in [1.807, 2.05) is 31.2 Å². The van der Waals surface area contributed by atoms with E-state index in [0.29, 0.717) is 122 Å². The maximum atomic E-state index is 12.2. The first kappa shape index (κ1) is 33.3. The van der Waals surface area contributed by atoms with E-state index < -0.39 is 0 Å². The molecule has 0 radical (unpaired) electrons. The first-order valence-electron chi connectivity index (χ1n) is 14.3. The second kappa shape index (κ2) is 20.6. The molecule has 3 N–H and O–H groups in total. The number of ether oxygens (including phenoxy) is 7.